The Morgan fingerprint density at radius 2 is 1.56 bits per heavy atom. The Balaban J connectivity index is 1.69. The first-order chi connectivity index (χ1) is 16.1. The van der Waals surface area contributed by atoms with Gasteiger partial charge in [0.05, 0.1) is 0 Å². The Hall–Kier alpha value is -2.74. The van der Waals surface area contributed by atoms with Gasteiger partial charge in [0.25, 0.3) is 0 Å². The summed E-state index contributed by atoms with van der Waals surface area (Å²) in [6.45, 7) is -0.0476. The fourth-order valence-electron chi connectivity index (χ4n) is 3.58. The van der Waals surface area contributed by atoms with E-state index in [1.165, 1.54) is 0 Å². The number of rotatable bonds is 10. The van der Waals surface area contributed by atoms with Gasteiger partial charge in [-0.2, -0.15) is 21.0 Å². The highest BCUT2D eigenvalue weighted by molar-refractivity contribution is 8.69. The highest BCUT2D eigenvalue weighted by Crippen LogP contribution is 2.44. The predicted molar refractivity (Wildman–Crippen MR) is 129 cm³/mol. The molecular weight excluding hydrogens is 504 g/mol. The Labute approximate surface area is 205 Å². The number of amides is 2. The van der Waals surface area contributed by atoms with Crippen LogP contribution in [0.4, 0.5) is 4.79 Å². The Morgan fingerprint density at radius 3 is 2.06 bits per heavy atom. The van der Waals surface area contributed by atoms with Crippen LogP contribution in [0.25, 0.3) is 11.1 Å². The minimum absolute atomic E-state index is 0.0100. The quantitative estimate of drug-likeness (QED) is 0.177. The van der Waals surface area contributed by atoms with Crippen LogP contribution in [0.3, 0.4) is 0 Å². The summed E-state index contributed by atoms with van der Waals surface area (Å²) in [6, 6.07) is 12.5. The number of alkyl carbamates (subject to hydrolysis) is 1. The van der Waals surface area contributed by atoms with Crippen LogP contribution in [-0.2, 0) is 23.5 Å². The van der Waals surface area contributed by atoms with Crippen LogP contribution < -0.4 is 10.6 Å². The van der Waals surface area contributed by atoms with E-state index in [1.54, 1.807) is 0 Å². The van der Waals surface area contributed by atoms with Crippen molar-refractivity contribution in [3.05, 3.63) is 59.7 Å². The molecule has 4 N–H and O–H groups in total. The van der Waals surface area contributed by atoms with Crippen LogP contribution in [0.1, 0.15) is 17.0 Å². The Kier molecular flexibility index (Phi) is 8.47. The molecule has 34 heavy (non-hydrogen) atoms. The molecule has 3 rings (SSSR count). The molecule has 2 atom stereocenters. The topological polar surface area (TPSA) is 159 Å². The van der Waals surface area contributed by atoms with E-state index in [0.29, 0.717) is 0 Å². The minimum Gasteiger partial charge on any atom is -0.480 e. The van der Waals surface area contributed by atoms with Crippen LogP contribution in [0, 0.1) is 0 Å². The van der Waals surface area contributed by atoms with Gasteiger partial charge in [-0.25, -0.2) is 9.59 Å². The molecule has 182 valence electrons. The van der Waals surface area contributed by atoms with Crippen LogP contribution in [-0.4, -0.2) is 66.2 Å². The standard InChI is InChI=1S/C21H22N2O8S3/c24-19(22-17(10-32)20(25)26)18(11-33-34(28,29)30)23-21(27)31-9-16-14-7-3-1-5-12(14)13-6-2-4-8-15(13)16/h1-8,16-18,32H,9-11H2,(H,22,24)(H,23,27)(H,25,26)(H,28,29,30)/t17-,18-/m0/s1. The Bertz CT molecular complexity index is 1140. The number of carbonyl (C=O) groups is 3. The lowest BCUT2D eigenvalue weighted by Gasteiger charge is -2.20. The summed E-state index contributed by atoms with van der Waals surface area (Å²) < 4.78 is 36.5. The van der Waals surface area contributed by atoms with Gasteiger partial charge in [0.1, 0.15) is 18.7 Å². The van der Waals surface area contributed by atoms with E-state index >= 15 is 0 Å². The van der Waals surface area contributed by atoms with Crippen molar-refractivity contribution in [2.75, 3.05) is 18.1 Å². The van der Waals surface area contributed by atoms with E-state index in [-0.39, 0.29) is 29.1 Å². The number of benzene rings is 2. The highest BCUT2D eigenvalue weighted by Gasteiger charge is 2.31. The second-order valence-corrected chi connectivity index (χ2v) is 11.1. The molecule has 0 aliphatic heterocycles. The van der Waals surface area contributed by atoms with Crippen molar-refractivity contribution >= 4 is 50.5 Å². The molecule has 13 heteroatoms. The van der Waals surface area contributed by atoms with Crippen LogP contribution in [0.15, 0.2) is 48.5 Å². The van der Waals surface area contributed by atoms with E-state index in [4.69, 9.17) is 14.4 Å². The molecule has 0 saturated carbocycles. The van der Waals surface area contributed by atoms with E-state index in [2.05, 4.69) is 23.3 Å². The zero-order valence-corrected chi connectivity index (χ0v) is 20.1. The number of aliphatic carboxylic acids is 1. The average molecular weight is 527 g/mol. The van der Waals surface area contributed by atoms with E-state index < -0.39 is 45.0 Å². The van der Waals surface area contributed by atoms with E-state index in [1.807, 2.05) is 48.5 Å². The van der Waals surface area contributed by atoms with Gasteiger partial charge in [-0.15, -0.1) is 0 Å². The van der Waals surface area contributed by atoms with Crippen LogP contribution in [0.2, 0.25) is 0 Å². The first-order valence-electron chi connectivity index (χ1n) is 9.98. The van der Waals surface area contributed by atoms with E-state index in [9.17, 15) is 22.8 Å². The lowest BCUT2D eigenvalue weighted by molar-refractivity contribution is -0.141. The Morgan fingerprint density at radius 1 is 1.00 bits per heavy atom. The van der Waals surface area contributed by atoms with Gasteiger partial charge in [-0.05, 0) is 33.0 Å². The average Bonchev–Trinajstić information content (AvgIpc) is 3.11. The maximum absolute atomic E-state index is 12.5. The molecule has 0 fully saturated rings. The van der Waals surface area contributed by atoms with Gasteiger partial charge < -0.3 is 20.5 Å². The maximum Gasteiger partial charge on any atom is 0.407 e. The number of nitrogens with one attached hydrogen (secondary N) is 2. The monoisotopic (exact) mass is 526 g/mol. The van der Waals surface area contributed by atoms with Crippen molar-refractivity contribution in [2.45, 2.75) is 18.0 Å². The van der Waals surface area contributed by atoms with Crippen molar-refractivity contribution < 1.29 is 37.2 Å². The highest BCUT2D eigenvalue weighted by atomic mass is 33.1. The lowest BCUT2D eigenvalue weighted by Crippen LogP contribution is -2.53. The van der Waals surface area contributed by atoms with Gasteiger partial charge in [-0.3, -0.25) is 9.35 Å². The lowest BCUT2D eigenvalue weighted by atomic mass is 9.98. The molecule has 1 aliphatic rings. The number of ether oxygens (including phenoxy) is 1. The molecule has 1 aliphatic carbocycles. The molecule has 0 aromatic heterocycles. The number of carbonyl (C=O) groups excluding carboxylic acids is 2. The molecule has 2 aromatic rings. The maximum atomic E-state index is 12.5. The molecule has 0 heterocycles. The minimum atomic E-state index is -4.52. The van der Waals surface area contributed by atoms with Crippen molar-refractivity contribution in [3.8, 4) is 11.1 Å². The molecule has 0 unspecified atom stereocenters. The second-order valence-electron chi connectivity index (χ2n) is 7.32. The molecule has 2 amide bonds. The summed E-state index contributed by atoms with van der Waals surface area (Å²) in [5.41, 5.74) is 4.01. The zero-order valence-electron chi connectivity index (χ0n) is 17.6. The fraction of sp³-hybridized carbons (Fsp3) is 0.286. The third-order valence-corrected chi connectivity index (χ3v) is 7.57. The fourth-order valence-corrected chi connectivity index (χ4v) is 5.29. The third kappa shape index (κ3) is 6.44. The number of hydrogen-bond acceptors (Lipinski definition) is 8. The van der Waals surface area contributed by atoms with Crippen molar-refractivity contribution in [1.29, 1.82) is 0 Å². The van der Waals surface area contributed by atoms with Crippen LogP contribution >= 0.6 is 23.4 Å². The predicted octanol–water partition coefficient (Wildman–Crippen LogP) is 1.93. The van der Waals surface area contributed by atoms with Crippen molar-refractivity contribution in [1.82, 2.24) is 10.6 Å². The van der Waals surface area contributed by atoms with Gasteiger partial charge in [0, 0.05) is 17.4 Å². The SMILES string of the molecule is O=C(N[C@@H](CSS(=O)(=O)O)C(=O)N[C@@H](CS)C(=O)O)OCC1c2ccccc2-c2ccccc21. The smallest absolute Gasteiger partial charge is 0.407 e. The summed E-state index contributed by atoms with van der Waals surface area (Å²) in [7, 11) is -4.51. The molecule has 0 spiro atoms. The molecule has 0 radical (unpaired) electrons. The number of hydrogen-bond donors (Lipinski definition) is 5. The van der Waals surface area contributed by atoms with Gasteiger partial charge in [-0.1, -0.05) is 48.5 Å². The molecular formula is C21H22N2O8S3. The molecule has 0 saturated heterocycles. The molecule has 0 bridgehead atoms. The summed E-state index contributed by atoms with van der Waals surface area (Å²) in [6.07, 6.45) is -1.00. The van der Waals surface area contributed by atoms with Gasteiger partial charge >= 0.3 is 21.2 Å². The number of fused-ring (bicyclic) bond motifs is 3. The number of thiol groups is 1. The summed E-state index contributed by atoms with van der Waals surface area (Å²) >= 11 is 3.85. The van der Waals surface area contributed by atoms with Crippen molar-refractivity contribution in [2.24, 2.45) is 0 Å². The second kappa shape index (κ2) is 11.1. The summed E-state index contributed by atoms with van der Waals surface area (Å²) in [5, 5.41) is 13.5. The normalized spacial score (nSPS) is 14.4. The van der Waals surface area contributed by atoms with Crippen molar-refractivity contribution in [3.63, 3.8) is 0 Å². The summed E-state index contributed by atoms with van der Waals surface area (Å²) in [5.74, 6) is -3.37. The van der Waals surface area contributed by atoms with E-state index in [0.717, 1.165) is 22.3 Å². The molecule has 10 nitrogen and oxygen atoms in total. The van der Waals surface area contributed by atoms with Gasteiger partial charge in [0.15, 0.2) is 0 Å². The number of carboxylic acid groups (broad SMARTS) is 1. The third-order valence-electron chi connectivity index (χ3n) is 5.13. The molecule has 2 aromatic carbocycles. The van der Waals surface area contributed by atoms with Gasteiger partial charge in [0.2, 0.25) is 5.91 Å². The largest absolute Gasteiger partial charge is 0.480 e. The zero-order chi connectivity index (χ0) is 24.9. The number of carboxylic acids is 1. The first kappa shape index (κ1) is 25.9. The summed E-state index contributed by atoms with van der Waals surface area (Å²) in [4.78, 5) is 36.1. The van der Waals surface area contributed by atoms with Crippen LogP contribution in [0.5, 0.6) is 0 Å². The first-order valence-corrected chi connectivity index (χ1v) is 13.6.